The molecule has 0 saturated heterocycles. The van der Waals surface area contributed by atoms with Gasteiger partial charge in [-0.05, 0) is 20.8 Å². The van der Waals surface area contributed by atoms with Crippen LogP contribution >= 0.6 is 0 Å². The molecule has 0 radical (unpaired) electrons. The lowest BCUT2D eigenvalue weighted by Crippen LogP contribution is -2.34. The van der Waals surface area contributed by atoms with Gasteiger partial charge in [-0.1, -0.05) is 6.92 Å². The van der Waals surface area contributed by atoms with E-state index in [1.807, 2.05) is 0 Å². The number of aromatic amines is 1. The van der Waals surface area contributed by atoms with E-state index in [4.69, 9.17) is 9.84 Å². The maximum absolute atomic E-state index is 12.6. The Morgan fingerprint density at radius 2 is 1.95 bits per heavy atom. The van der Waals surface area contributed by atoms with E-state index in [0.29, 0.717) is 11.3 Å². The van der Waals surface area contributed by atoms with Crippen molar-refractivity contribution in [1.29, 1.82) is 0 Å². The highest BCUT2D eigenvalue weighted by molar-refractivity contribution is 7.89. The molecule has 1 heterocycles. The number of nitrogens with zero attached hydrogens (tertiary/aromatic N) is 1. The SMILES string of the molecule is CCOC(=O)c1[nH]c(C)c(S(=O)(=O)N(CC)CCO)c1C. The van der Waals surface area contributed by atoms with Crippen molar-refractivity contribution in [2.24, 2.45) is 0 Å². The molecule has 0 aliphatic heterocycles. The molecule has 1 aromatic heterocycles. The molecule has 7 nitrogen and oxygen atoms in total. The van der Waals surface area contributed by atoms with Crippen LogP contribution in [-0.4, -0.2) is 55.1 Å². The number of aryl methyl sites for hydroxylation is 1. The molecule has 21 heavy (non-hydrogen) atoms. The molecule has 0 amide bonds. The quantitative estimate of drug-likeness (QED) is 0.725. The fourth-order valence-corrected chi connectivity index (χ4v) is 4.06. The van der Waals surface area contributed by atoms with Gasteiger partial charge in [-0.3, -0.25) is 0 Å². The summed E-state index contributed by atoms with van der Waals surface area (Å²) in [5, 5.41) is 8.99. The molecule has 0 fully saturated rings. The van der Waals surface area contributed by atoms with E-state index < -0.39 is 16.0 Å². The summed E-state index contributed by atoms with van der Waals surface area (Å²) >= 11 is 0. The normalized spacial score (nSPS) is 11.9. The van der Waals surface area contributed by atoms with Crippen molar-refractivity contribution in [3.63, 3.8) is 0 Å². The zero-order valence-electron chi connectivity index (χ0n) is 12.8. The predicted octanol–water partition coefficient (Wildman–Crippen LogP) is 0.811. The number of aliphatic hydroxyl groups excluding tert-OH is 1. The molecule has 0 saturated carbocycles. The topological polar surface area (TPSA) is 99.7 Å². The largest absolute Gasteiger partial charge is 0.461 e. The maximum Gasteiger partial charge on any atom is 0.355 e. The first-order valence-electron chi connectivity index (χ1n) is 6.78. The number of hydrogen-bond acceptors (Lipinski definition) is 5. The second-order valence-electron chi connectivity index (χ2n) is 4.52. The van der Waals surface area contributed by atoms with Gasteiger partial charge >= 0.3 is 5.97 Å². The van der Waals surface area contributed by atoms with E-state index in [1.165, 1.54) is 4.31 Å². The van der Waals surface area contributed by atoms with Gasteiger partial charge in [0.2, 0.25) is 10.0 Å². The number of aliphatic hydroxyl groups is 1. The third-order valence-electron chi connectivity index (χ3n) is 3.15. The van der Waals surface area contributed by atoms with Crippen molar-refractivity contribution in [2.75, 3.05) is 26.3 Å². The molecular weight excluding hydrogens is 296 g/mol. The van der Waals surface area contributed by atoms with Crippen LogP contribution in [0.4, 0.5) is 0 Å². The fourth-order valence-electron chi connectivity index (χ4n) is 2.22. The van der Waals surface area contributed by atoms with Gasteiger partial charge < -0.3 is 14.8 Å². The summed E-state index contributed by atoms with van der Waals surface area (Å²) in [6.07, 6.45) is 0. The van der Waals surface area contributed by atoms with Gasteiger partial charge in [-0.15, -0.1) is 0 Å². The second-order valence-corrected chi connectivity index (χ2v) is 6.39. The minimum absolute atomic E-state index is 0.0115. The summed E-state index contributed by atoms with van der Waals surface area (Å²) < 4.78 is 31.3. The van der Waals surface area contributed by atoms with Crippen LogP contribution in [0.2, 0.25) is 0 Å². The van der Waals surface area contributed by atoms with Crippen LogP contribution in [-0.2, 0) is 14.8 Å². The summed E-state index contributed by atoms with van der Waals surface area (Å²) in [4.78, 5) is 14.7. The number of carbonyl (C=O) groups is 1. The van der Waals surface area contributed by atoms with E-state index in [9.17, 15) is 13.2 Å². The summed E-state index contributed by atoms with van der Waals surface area (Å²) in [5.41, 5.74) is 0.863. The number of carbonyl (C=O) groups excluding carboxylic acids is 1. The Hall–Kier alpha value is -1.38. The molecule has 8 heteroatoms. The molecule has 120 valence electrons. The third-order valence-corrected chi connectivity index (χ3v) is 5.40. The Morgan fingerprint density at radius 1 is 1.33 bits per heavy atom. The van der Waals surface area contributed by atoms with Crippen LogP contribution < -0.4 is 0 Å². The van der Waals surface area contributed by atoms with Crippen LogP contribution in [0.15, 0.2) is 4.90 Å². The van der Waals surface area contributed by atoms with Crippen LogP contribution in [0.25, 0.3) is 0 Å². The first-order valence-corrected chi connectivity index (χ1v) is 8.22. The van der Waals surface area contributed by atoms with Crippen molar-refractivity contribution >= 4 is 16.0 Å². The number of likely N-dealkylation sites (N-methyl/N-ethyl adjacent to an activating group) is 1. The molecule has 1 rings (SSSR count). The molecule has 2 N–H and O–H groups in total. The van der Waals surface area contributed by atoms with Gasteiger partial charge in [0.1, 0.15) is 10.6 Å². The van der Waals surface area contributed by atoms with Crippen LogP contribution in [0.5, 0.6) is 0 Å². The van der Waals surface area contributed by atoms with E-state index in [-0.39, 0.29) is 36.9 Å². The first kappa shape index (κ1) is 17.7. The van der Waals surface area contributed by atoms with Gasteiger partial charge in [0, 0.05) is 24.3 Å². The Morgan fingerprint density at radius 3 is 2.43 bits per heavy atom. The second kappa shape index (κ2) is 7.06. The van der Waals surface area contributed by atoms with Gasteiger partial charge in [0.15, 0.2) is 0 Å². The molecule has 0 aromatic carbocycles. The third kappa shape index (κ3) is 3.45. The molecule has 1 aromatic rings. The zero-order valence-corrected chi connectivity index (χ0v) is 13.6. The molecule has 0 unspecified atom stereocenters. The number of hydrogen-bond donors (Lipinski definition) is 2. The number of esters is 1. The Bertz CT molecular complexity index is 606. The smallest absolute Gasteiger partial charge is 0.355 e. The standard InChI is InChI=1S/C13H22N2O5S/c1-5-15(7-8-16)21(18,19)12-9(3)11(14-10(12)4)13(17)20-6-2/h14,16H,5-8H2,1-4H3. The highest BCUT2D eigenvalue weighted by Crippen LogP contribution is 2.26. The number of aromatic nitrogens is 1. The number of sulfonamides is 1. The monoisotopic (exact) mass is 318 g/mol. The Balaban J connectivity index is 3.34. The van der Waals surface area contributed by atoms with Crippen molar-refractivity contribution in [3.8, 4) is 0 Å². The highest BCUT2D eigenvalue weighted by atomic mass is 32.2. The summed E-state index contributed by atoms with van der Waals surface area (Å²) in [6.45, 7) is 6.73. The maximum atomic E-state index is 12.6. The lowest BCUT2D eigenvalue weighted by atomic mass is 10.2. The lowest BCUT2D eigenvalue weighted by molar-refractivity contribution is 0.0519. The molecule has 0 aliphatic carbocycles. The van der Waals surface area contributed by atoms with E-state index in [2.05, 4.69) is 4.98 Å². The minimum atomic E-state index is -3.77. The fraction of sp³-hybridized carbons (Fsp3) is 0.615. The summed E-state index contributed by atoms with van der Waals surface area (Å²) in [7, 11) is -3.77. The average Bonchev–Trinajstić information content (AvgIpc) is 2.71. The predicted molar refractivity (Wildman–Crippen MR) is 77.7 cm³/mol. The number of H-pyrrole nitrogens is 1. The molecule has 0 aliphatic rings. The number of nitrogens with one attached hydrogen (secondary N) is 1. The van der Waals surface area contributed by atoms with E-state index >= 15 is 0 Å². The van der Waals surface area contributed by atoms with Gasteiger partial charge in [-0.2, -0.15) is 4.31 Å². The Labute approximate surface area is 125 Å². The van der Waals surface area contributed by atoms with Crippen LogP contribution in [0.1, 0.15) is 35.6 Å². The summed E-state index contributed by atoms with van der Waals surface area (Å²) in [5.74, 6) is -0.579. The zero-order chi connectivity index (χ0) is 16.2. The molecule has 0 atom stereocenters. The average molecular weight is 318 g/mol. The molecule has 0 bridgehead atoms. The van der Waals surface area contributed by atoms with Crippen LogP contribution in [0, 0.1) is 13.8 Å². The molecular formula is C13H22N2O5S. The van der Waals surface area contributed by atoms with Gasteiger partial charge in [0.25, 0.3) is 0 Å². The molecule has 0 spiro atoms. The summed E-state index contributed by atoms with van der Waals surface area (Å²) in [6, 6.07) is 0. The number of rotatable bonds is 7. The lowest BCUT2D eigenvalue weighted by Gasteiger charge is -2.19. The van der Waals surface area contributed by atoms with Crippen molar-refractivity contribution in [2.45, 2.75) is 32.6 Å². The van der Waals surface area contributed by atoms with Crippen molar-refractivity contribution < 1.29 is 23.1 Å². The van der Waals surface area contributed by atoms with E-state index in [1.54, 1.807) is 27.7 Å². The van der Waals surface area contributed by atoms with Crippen LogP contribution in [0.3, 0.4) is 0 Å². The first-order chi connectivity index (χ1) is 9.81. The van der Waals surface area contributed by atoms with E-state index in [0.717, 1.165) is 0 Å². The Kier molecular flexibility index (Phi) is 5.94. The highest BCUT2D eigenvalue weighted by Gasteiger charge is 2.31. The van der Waals surface area contributed by atoms with Gasteiger partial charge in [0.05, 0.1) is 13.2 Å². The minimum Gasteiger partial charge on any atom is -0.461 e. The van der Waals surface area contributed by atoms with Crippen molar-refractivity contribution in [3.05, 3.63) is 17.0 Å². The number of ether oxygens (including phenoxy) is 1. The van der Waals surface area contributed by atoms with Gasteiger partial charge in [-0.25, -0.2) is 13.2 Å². The van der Waals surface area contributed by atoms with Crippen molar-refractivity contribution in [1.82, 2.24) is 9.29 Å².